The van der Waals surface area contributed by atoms with Crippen LogP contribution in [0, 0.1) is 0 Å². The molecule has 0 aliphatic heterocycles. The van der Waals surface area contributed by atoms with Crippen molar-refractivity contribution in [2.45, 2.75) is 25.2 Å². The quantitative estimate of drug-likeness (QED) is 0.531. The highest BCUT2D eigenvalue weighted by Gasteiger charge is 2.26. The van der Waals surface area contributed by atoms with E-state index in [2.05, 4.69) is 5.32 Å². The number of ether oxygens (including phenoxy) is 1. The second-order valence-corrected chi connectivity index (χ2v) is 6.40. The molecule has 0 unspecified atom stereocenters. The minimum Gasteiger partial charge on any atom is -0.497 e. The SMILES string of the molecule is COc1ccc(CCC(=O)N[C@@H](Cc2coc3ccccc23)B(O)O)cc1. The number of aryl methyl sites for hydroxylation is 1. The van der Waals surface area contributed by atoms with E-state index in [-0.39, 0.29) is 18.7 Å². The number of hydrogen-bond acceptors (Lipinski definition) is 5. The number of furan rings is 1. The van der Waals surface area contributed by atoms with Crippen molar-refractivity contribution in [2.24, 2.45) is 0 Å². The van der Waals surface area contributed by atoms with Crippen molar-refractivity contribution in [1.82, 2.24) is 5.32 Å². The van der Waals surface area contributed by atoms with Crippen LogP contribution >= 0.6 is 0 Å². The molecule has 0 saturated heterocycles. The van der Waals surface area contributed by atoms with E-state index in [4.69, 9.17) is 9.15 Å². The first kappa shape index (κ1) is 19.0. The smallest absolute Gasteiger partial charge is 0.475 e. The van der Waals surface area contributed by atoms with Gasteiger partial charge in [-0.15, -0.1) is 0 Å². The fourth-order valence-electron chi connectivity index (χ4n) is 2.99. The van der Waals surface area contributed by atoms with Gasteiger partial charge in [0.15, 0.2) is 0 Å². The zero-order valence-corrected chi connectivity index (χ0v) is 15.1. The molecule has 140 valence electrons. The molecule has 0 aliphatic rings. The van der Waals surface area contributed by atoms with Gasteiger partial charge in [0, 0.05) is 11.8 Å². The number of methoxy groups -OCH3 is 1. The Hall–Kier alpha value is -2.77. The summed E-state index contributed by atoms with van der Waals surface area (Å²) in [7, 11) is -0.0601. The molecule has 0 radical (unpaired) electrons. The maximum Gasteiger partial charge on any atom is 0.475 e. The van der Waals surface area contributed by atoms with Gasteiger partial charge in [-0.05, 0) is 42.2 Å². The van der Waals surface area contributed by atoms with Gasteiger partial charge in [-0.25, -0.2) is 0 Å². The third-order valence-corrected chi connectivity index (χ3v) is 4.51. The Morgan fingerprint density at radius 1 is 1.19 bits per heavy atom. The maximum absolute atomic E-state index is 12.3. The molecule has 1 aromatic heterocycles. The van der Waals surface area contributed by atoms with Gasteiger partial charge < -0.3 is 24.5 Å². The van der Waals surface area contributed by atoms with Crippen molar-refractivity contribution >= 4 is 24.0 Å². The molecule has 1 amide bonds. The molecule has 2 aromatic carbocycles. The van der Waals surface area contributed by atoms with Crippen LogP contribution in [0.2, 0.25) is 0 Å². The van der Waals surface area contributed by atoms with Gasteiger partial charge in [0.25, 0.3) is 0 Å². The van der Waals surface area contributed by atoms with Crippen LogP contribution in [0.3, 0.4) is 0 Å². The third kappa shape index (κ3) is 4.90. The summed E-state index contributed by atoms with van der Waals surface area (Å²) in [4.78, 5) is 12.3. The van der Waals surface area contributed by atoms with Crippen LogP contribution < -0.4 is 10.1 Å². The van der Waals surface area contributed by atoms with E-state index < -0.39 is 13.1 Å². The van der Waals surface area contributed by atoms with Crippen LogP contribution in [0.1, 0.15) is 17.5 Å². The van der Waals surface area contributed by atoms with Crippen LogP contribution in [0.25, 0.3) is 11.0 Å². The summed E-state index contributed by atoms with van der Waals surface area (Å²) in [5.74, 6) is -0.287. The van der Waals surface area contributed by atoms with E-state index >= 15 is 0 Å². The van der Waals surface area contributed by atoms with E-state index in [1.54, 1.807) is 13.4 Å². The molecule has 27 heavy (non-hydrogen) atoms. The minimum absolute atomic E-state index is 0.239. The first-order chi connectivity index (χ1) is 13.1. The van der Waals surface area contributed by atoms with Crippen molar-refractivity contribution in [3.05, 3.63) is 65.9 Å². The monoisotopic (exact) mass is 367 g/mol. The fourth-order valence-corrected chi connectivity index (χ4v) is 2.99. The predicted octanol–water partition coefficient (Wildman–Crippen LogP) is 2.11. The number of nitrogens with one attached hydrogen (secondary N) is 1. The van der Waals surface area contributed by atoms with Gasteiger partial charge in [0.2, 0.25) is 5.91 Å². The van der Waals surface area contributed by atoms with Crippen molar-refractivity contribution in [3.8, 4) is 5.75 Å². The first-order valence-corrected chi connectivity index (χ1v) is 8.80. The van der Waals surface area contributed by atoms with Gasteiger partial charge in [0.05, 0.1) is 19.3 Å². The molecule has 0 fully saturated rings. The number of rotatable bonds is 8. The van der Waals surface area contributed by atoms with Crippen molar-refractivity contribution < 1.29 is 24.0 Å². The fraction of sp³-hybridized carbons (Fsp3) is 0.250. The summed E-state index contributed by atoms with van der Waals surface area (Å²) >= 11 is 0. The molecule has 1 heterocycles. The lowest BCUT2D eigenvalue weighted by molar-refractivity contribution is -0.121. The number of benzene rings is 2. The topological polar surface area (TPSA) is 91.9 Å². The first-order valence-electron chi connectivity index (χ1n) is 8.80. The number of fused-ring (bicyclic) bond motifs is 1. The zero-order valence-electron chi connectivity index (χ0n) is 15.1. The average Bonchev–Trinajstić information content (AvgIpc) is 3.09. The minimum atomic E-state index is -1.66. The van der Waals surface area contributed by atoms with Crippen LogP contribution in [-0.4, -0.2) is 36.1 Å². The number of para-hydroxylation sites is 1. The highest BCUT2D eigenvalue weighted by atomic mass is 16.5. The van der Waals surface area contributed by atoms with Gasteiger partial charge in [0.1, 0.15) is 11.3 Å². The summed E-state index contributed by atoms with van der Waals surface area (Å²) in [5.41, 5.74) is 2.55. The van der Waals surface area contributed by atoms with E-state index in [9.17, 15) is 14.8 Å². The maximum atomic E-state index is 12.3. The Balaban J connectivity index is 1.59. The van der Waals surface area contributed by atoms with Crippen LogP contribution in [0.5, 0.6) is 5.75 Å². The Kier molecular flexibility index (Phi) is 6.16. The molecule has 0 bridgehead atoms. The molecule has 3 rings (SSSR count). The summed E-state index contributed by atoms with van der Waals surface area (Å²) in [6, 6.07) is 15.0. The molecule has 0 spiro atoms. The standard InChI is InChI=1S/C20H22BNO5/c1-26-16-9-6-14(7-10-16)8-11-20(23)22-19(21(24)25)12-15-13-27-18-5-3-2-4-17(15)18/h2-7,9-10,13,19,24-25H,8,11-12H2,1H3,(H,22,23)/t19-/m0/s1. The van der Waals surface area contributed by atoms with Gasteiger partial charge in [-0.3, -0.25) is 4.79 Å². The average molecular weight is 367 g/mol. The summed E-state index contributed by atoms with van der Waals surface area (Å²) in [6.07, 6.45) is 2.66. The molecule has 0 aliphatic carbocycles. The van der Waals surface area contributed by atoms with Gasteiger partial charge in [-0.1, -0.05) is 30.3 Å². The van der Waals surface area contributed by atoms with Gasteiger partial charge >= 0.3 is 7.12 Å². The predicted molar refractivity (Wildman–Crippen MR) is 103 cm³/mol. The van der Waals surface area contributed by atoms with E-state index in [1.165, 1.54) is 0 Å². The summed E-state index contributed by atoms with van der Waals surface area (Å²) < 4.78 is 10.6. The lowest BCUT2D eigenvalue weighted by Crippen LogP contribution is -2.47. The molecular weight excluding hydrogens is 345 g/mol. The summed E-state index contributed by atoms with van der Waals surface area (Å²) in [6.45, 7) is 0. The molecule has 0 saturated carbocycles. The Labute approximate surface area is 157 Å². The van der Waals surface area contributed by atoms with Crippen molar-refractivity contribution in [2.75, 3.05) is 7.11 Å². The molecule has 3 N–H and O–H groups in total. The van der Waals surface area contributed by atoms with Crippen molar-refractivity contribution in [3.63, 3.8) is 0 Å². The second-order valence-electron chi connectivity index (χ2n) is 6.40. The lowest BCUT2D eigenvalue weighted by atomic mass is 9.76. The second kappa shape index (κ2) is 8.75. The number of hydrogen-bond donors (Lipinski definition) is 3. The Morgan fingerprint density at radius 2 is 1.93 bits per heavy atom. The van der Waals surface area contributed by atoms with Crippen molar-refractivity contribution in [1.29, 1.82) is 0 Å². The molecule has 1 atom stereocenters. The van der Waals surface area contributed by atoms with E-state index in [1.807, 2.05) is 48.5 Å². The molecule has 7 heteroatoms. The van der Waals surface area contributed by atoms with E-state index in [0.717, 1.165) is 27.8 Å². The normalized spacial score (nSPS) is 12.0. The number of carbonyl (C=O) groups is 1. The summed E-state index contributed by atoms with van der Waals surface area (Å²) in [5, 5.41) is 22.9. The van der Waals surface area contributed by atoms with Gasteiger partial charge in [-0.2, -0.15) is 0 Å². The zero-order chi connectivity index (χ0) is 19.2. The van der Waals surface area contributed by atoms with Crippen LogP contribution in [0.4, 0.5) is 0 Å². The van der Waals surface area contributed by atoms with Crippen LogP contribution in [-0.2, 0) is 17.6 Å². The van der Waals surface area contributed by atoms with E-state index in [0.29, 0.717) is 6.42 Å². The molecule has 6 nitrogen and oxygen atoms in total. The third-order valence-electron chi connectivity index (χ3n) is 4.51. The number of amides is 1. The highest BCUT2D eigenvalue weighted by Crippen LogP contribution is 2.22. The molecular formula is C20H22BNO5. The largest absolute Gasteiger partial charge is 0.497 e. The number of carbonyl (C=O) groups excluding carboxylic acids is 1. The Morgan fingerprint density at radius 3 is 2.63 bits per heavy atom. The highest BCUT2D eigenvalue weighted by molar-refractivity contribution is 6.43. The lowest BCUT2D eigenvalue weighted by Gasteiger charge is -2.17. The van der Waals surface area contributed by atoms with Crippen LogP contribution in [0.15, 0.2) is 59.2 Å². The molecule has 3 aromatic rings. The Bertz CT molecular complexity index is 891.